The molecule has 0 aromatic carbocycles. The average Bonchev–Trinajstić information content (AvgIpc) is 2.31. The molecule has 1 nitrogen and oxygen atoms in total. The van der Waals surface area contributed by atoms with Crippen molar-refractivity contribution in [2.24, 2.45) is 0 Å². The molecular weight excluding hydrogens is 197 g/mol. The third kappa shape index (κ3) is 1.63. The number of hydrogen-bond acceptors (Lipinski definition) is 2. The summed E-state index contributed by atoms with van der Waals surface area (Å²) in [5, 5.41) is 3.24. The van der Waals surface area contributed by atoms with E-state index in [2.05, 4.69) is 12.2 Å². The minimum Gasteiger partial charge on any atom is -0.310 e. The predicted molar refractivity (Wildman–Crippen MR) is 51.6 cm³/mol. The molecular formula is C8H11ClFNS. The summed E-state index contributed by atoms with van der Waals surface area (Å²) in [4.78, 5) is 1.22. The lowest BCUT2D eigenvalue weighted by Crippen LogP contribution is -2.26. The Balaban J connectivity index is 0.000000720. The van der Waals surface area contributed by atoms with E-state index in [1.54, 1.807) is 6.07 Å². The summed E-state index contributed by atoms with van der Waals surface area (Å²) in [5.74, 6) is 0. The SMILES string of the molecule is CC1NCCc2sc(F)cc21.Cl. The zero-order valence-corrected chi connectivity index (χ0v) is 8.40. The monoisotopic (exact) mass is 207 g/mol. The second-order valence-electron chi connectivity index (χ2n) is 2.85. The minimum atomic E-state index is -0.0504. The van der Waals surface area contributed by atoms with Crippen LogP contribution in [0, 0.1) is 5.13 Å². The topological polar surface area (TPSA) is 12.0 Å². The van der Waals surface area contributed by atoms with E-state index in [0.29, 0.717) is 6.04 Å². The maximum Gasteiger partial charge on any atom is 0.176 e. The van der Waals surface area contributed by atoms with E-state index in [9.17, 15) is 4.39 Å². The Kier molecular flexibility index (Phi) is 3.09. The molecule has 2 heterocycles. The number of nitrogens with one attached hydrogen (secondary N) is 1. The first-order chi connectivity index (χ1) is 5.27. The van der Waals surface area contributed by atoms with Gasteiger partial charge in [0.25, 0.3) is 0 Å². The van der Waals surface area contributed by atoms with Crippen molar-refractivity contribution in [1.82, 2.24) is 5.32 Å². The molecule has 1 N–H and O–H groups in total. The first-order valence-electron chi connectivity index (χ1n) is 3.79. The molecule has 1 aromatic heterocycles. The van der Waals surface area contributed by atoms with Gasteiger partial charge >= 0.3 is 0 Å². The third-order valence-corrected chi connectivity index (χ3v) is 3.08. The number of thiophene rings is 1. The van der Waals surface area contributed by atoms with Crippen LogP contribution in [-0.4, -0.2) is 6.54 Å². The van der Waals surface area contributed by atoms with Crippen molar-refractivity contribution in [3.8, 4) is 0 Å². The van der Waals surface area contributed by atoms with Gasteiger partial charge in [-0.1, -0.05) is 0 Å². The summed E-state index contributed by atoms with van der Waals surface area (Å²) < 4.78 is 12.8. The molecule has 0 amide bonds. The average molecular weight is 208 g/mol. The van der Waals surface area contributed by atoms with Crippen molar-refractivity contribution in [2.45, 2.75) is 19.4 Å². The first kappa shape index (κ1) is 9.96. The normalized spacial score (nSPS) is 21.3. The Morgan fingerprint density at radius 1 is 1.67 bits per heavy atom. The van der Waals surface area contributed by atoms with Gasteiger partial charge in [0.1, 0.15) is 0 Å². The largest absolute Gasteiger partial charge is 0.310 e. The number of halogens is 2. The van der Waals surface area contributed by atoms with Crippen LogP contribution in [0.1, 0.15) is 23.4 Å². The Hall–Kier alpha value is -0.120. The van der Waals surface area contributed by atoms with E-state index in [0.717, 1.165) is 18.5 Å². The van der Waals surface area contributed by atoms with Crippen LogP contribution in [0.15, 0.2) is 6.07 Å². The third-order valence-electron chi connectivity index (χ3n) is 2.08. The van der Waals surface area contributed by atoms with Crippen molar-refractivity contribution >= 4 is 23.7 Å². The quantitative estimate of drug-likeness (QED) is 0.690. The van der Waals surface area contributed by atoms with Crippen LogP contribution in [0.25, 0.3) is 0 Å². The summed E-state index contributed by atoms with van der Waals surface area (Å²) in [6.07, 6.45) is 0.980. The van der Waals surface area contributed by atoms with Gasteiger partial charge in [0.15, 0.2) is 5.13 Å². The van der Waals surface area contributed by atoms with Gasteiger partial charge in [-0.3, -0.25) is 0 Å². The van der Waals surface area contributed by atoms with Crippen molar-refractivity contribution in [1.29, 1.82) is 0 Å². The molecule has 68 valence electrons. The maximum atomic E-state index is 12.8. The van der Waals surface area contributed by atoms with Gasteiger partial charge in [0.2, 0.25) is 0 Å². The summed E-state index contributed by atoms with van der Waals surface area (Å²) in [5.41, 5.74) is 1.15. The van der Waals surface area contributed by atoms with Crippen LogP contribution in [-0.2, 0) is 6.42 Å². The molecule has 2 rings (SSSR count). The number of rotatable bonds is 0. The minimum absolute atomic E-state index is 0. The molecule has 0 spiro atoms. The Labute approximate surface area is 81.4 Å². The highest BCUT2D eigenvalue weighted by Crippen LogP contribution is 2.29. The molecule has 4 heteroatoms. The molecule has 1 aliphatic rings. The standard InChI is InChI=1S/C8H10FNS.ClH/c1-5-6-4-8(9)11-7(6)2-3-10-5;/h4-5,10H,2-3H2,1H3;1H. The Morgan fingerprint density at radius 3 is 3.08 bits per heavy atom. The van der Waals surface area contributed by atoms with E-state index in [1.807, 2.05) is 0 Å². The molecule has 0 aliphatic carbocycles. The molecule has 0 radical (unpaired) electrons. The molecule has 1 aliphatic heterocycles. The van der Waals surface area contributed by atoms with E-state index in [1.165, 1.54) is 16.2 Å². The van der Waals surface area contributed by atoms with Gasteiger partial charge in [-0.05, 0) is 25.0 Å². The van der Waals surface area contributed by atoms with E-state index in [4.69, 9.17) is 0 Å². The smallest absolute Gasteiger partial charge is 0.176 e. The molecule has 1 atom stereocenters. The lowest BCUT2D eigenvalue weighted by molar-refractivity contribution is 0.545. The van der Waals surface area contributed by atoms with Crippen molar-refractivity contribution in [3.05, 3.63) is 21.6 Å². The second kappa shape index (κ2) is 3.73. The van der Waals surface area contributed by atoms with Crippen LogP contribution in [0.2, 0.25) is 0 Å². The van der Waals surface area contributed by atoms with Crippen molar-refractivity contribution in [3.63, 3.8) is 0 Å². The zero-order chi connectivity index (χ0) is 7.84. The van der Waals surface area contributed by atoms with Crippen molar-refractivity contribution < 1.29 is 4.39 Å². The summed E-state index contributed by atoms with van der Waals surface area (Å²) in [6.45, 7) is 3.05. The van der Waals surface area contributed by atoms with E-state index >= 15 is 0 Å². The van der Waals surface area contributed by atoms with Crippen LogP contribution >= 0.6 is 23.7 Å². The van der Waals surface area contributed by atoms with Crippen LogP contribution in [0.3, 0.4) is 0 Å². The Morgan fingerprint density at radius 2 is 2.42 bits per heavy atom. The van der Waals surface area contributed by atoms with Gasteiger partial charge in [-0.2, -0.15) is 4.39 Å². The molecule has 0 saturated carbocycles. The second-order valence-corrected chi connectivity index (χ2v) is 3.94. The molecule has 12 heavy (non-hydrogen) atoms. The molecule has 0 saturated heterocycles. The highest BCUT2D eigenvalue weighted by atomic mass is 35.5. The number of hydrogen-bond donors (Lipinski definition) is 1. The van der Waals surface area contributed by atoms with Crippen molar-refractivity contribution in [2.75, 3.05) is 6.54 Å². The van der Waals surface area contributed by atoms with Gasteiger partial charge in [0.05, 0.1) is 0 Å². The molecule has 0 bridgehead atoms. The fourth-order valence-corrected chi connectivity index (χ4v) is 2.46. The summed E-state index contributed by atoms with van der Waals surface area (Å²) in [6, 6.07) is 1.98. The summed E-state index contributed by atoms with van der Waals surface area (Å²) >= 11 is 1.29. The molecule has 1 unspecified atom stereocenters. The fourth-order valence-electron chi connectivity index (χ4n) is 1.48. The first-order valence-corrected chi connectivity index (χ1v) is 4.60. The molecule has 0 fully saturated rings. The van der Waals surface area contributed by atoms with E-state index in [-0.39, 0.29) is 17.5 Å². The zero-order valence-electron chi connectivity index (χ0n) is 6.76. The lowest BCUT2D eigenvalue weighted by Gasteiger charge is -2.19. The summed E-state index contributed by atoms with van der Waals surface area (Å²) in [7, 11) is 0. The maximum absolute atomic E-state index is 12.8. The van der Waals surface area contributed by atoms with Crippen LogP contribution in [0.4, 0.5) is 4.39 Å². The van der Waals surface area contributed by atoms with Gasteiger partial charge in [0, 0.05) is 17.5 Å². The van der Waals surface area contributed by atoms with Gasteiger partial charge in [-0.25, -0.2) is 0 Å². The lowest BCUT2D eigenvalue weighted by atomic mass is 10.0. The predicted octanol–water partition coefficient (Wildman–Crippen LogP) is 2.52. The highest BCUT2D eigenvalue weighted by Gasteiger charge is 2.18. The molecule has 1 aromatic rings. The van der Waals surface area contributed by atoms with Gasteiger partial charge < -0.3 is 5.32 Å². The van der Waals surface area contributed by atoms with E-state index < -0.39 is 0 Å². The van der Waals surface area contributed by atoms with Crippen LogP contribution in [0.5, 0.6) is 0 Å². The van der Waals surface area contributed by atoms with Gasteiger partial charge in [-0.15, -0.1) is 23.7 Å². The highest BCUT2D eigenvalue weighted by molar-refractivity contribution is 7.10. The Bertz CT molecular complexity index is 274. The van der Waals surface area contributed by atoms with Crippen LogP contribution < -0.4 is 5.32 Å². The fraction of sp³-hybridized carbons (Fsp3) is 0.500. The number of fused-ring (bicyclic) bond motifs is 1.